The van der Waals surface area contributed by atoms with Crippen molar-refractivity contribution in [2.45, 2.75) is 27.2 Å². The van der Waals surface area contributed by atoms with Crippen LogP contribution in [-0.2, 0) is 0 Å². The van der Waals surface area contributed by atoms with Crippen molar-refractivity contribution < 1.29 is 0 Å². The van der Waals surface area contributed by atoms with Crippen LogP contribution in [0.5, 0.6) is 0 Å². The predicted octanol–water partition coefficient (Wildman–Crippen LogP) is 2.85. The van der Waals surface area contributed by atoms with E-state index in [2.05, 4.69) is 36.7 Å². The summed E-state index contributed by atoms with van der Waals surface area (Å²) in [5.41, 5.74) is 8.52. The zero-order chi connectivity index (χ0) is 12.5. The molecule has 0 saturated carbocycles. The van der Waals surface area contributed by atoms with E-state index in [1.807, 2.05) is 12.1 Å². The Hall–Kier alpha value is -1.51. The number of nitrogens with zero attached hydrogens (tertiary/aromatic N) is 2. The van der Waals surface area contributed by atoms with Gasteiger partial charge in [0, 0.05) is 19.3 Å². The molecule has 0 spiro atoms. The minimum absolute atomic E-state index is 0.280. The minimum atomic E-state index is 0.280. The zero-order valence-corrected chi connectivity index (χ0v) is 10.9. The summed E-state index contributed by atoms with van der Waals surface area (Å²) in [6.45, 7) is 8.72. The summed E-state index contributed by atoms with van der Waals surface area (Å²) < 4.78 is 0. The first-order valence-electron chi connectivity index (χ1n) is 6.13. The van der Waals surface area contributed by atoms with Crippen LogP contribution in [0.25, 0.3) is 0 Å². The van der Waals surface area contributed by atoms with Gasteiger partial charge >= 0.3 is 0 Å². The third kappa shape index (κ3) is 2.60. The van der Waals surface area contributed by atoms with Gasteiger partial charge in [0.05, 0.1) is 5.69 Å². The Labute approximate surface area is 103 Å². The molecule has 2 rings (SSSR count). The smallest absolute Gasteiger partial charge is 0.152 e. The number of hydrogen-bond donors (Lipinski definition) is 1. The van der Waals surface area contributed by atoms with E-state index in [0.717, 1.165) is 31.0 Å². The summed E-state index contributed by atoms with van der Waals surface area (Å²) in [5, 5.41) is 0. The maximum absolute atomic E-state index is 5.95. The molecule has 0 aromatic carbocycles. The Kier molecular flexibility index (Phi) is 3.09. The predicted molar refractivity (Wildman–Crippen MR) is 73.0 cm³/mol. The van der Waals surface area contributed by atoms with Gasteiger partial charge in [0.15, 0.2) is 5.82 Å². The standard InChI is InChI=1S/C14H21N3/c1-14(2,3)11-6-9-17(10-7-11)13-12(15)5-4-8-16-13/h4-6,8H,7,9-10,15H2,1-3H3. The molecule has 3 nitrogen and oxygen atoms in total. The first kappa shape index (κ1) is 12.0. The highest BCUT2D eigenvalue weighted by molar-refractivity contribution is 5.62. The van der Waals surface area contributed by atoms with Crippen molar-refractivity contribution in [1.82, 2.24) is 4.98 Å². The Balaban J connectivity index is 2.15. The molecule has 1 aromatic heterocycles. The maximum Gasteiger partial charge on any atom is 0.152 e. The van der Waals surface area contributed by atoms with Crippen molar-refractivity contribution in [1.29, 1.82) is 0 Å². The number of hydrogen-bond acceptors (Lipinski definition) is 3. The van der Waals surface area contributed by atoms with E-state index < -0.39 is 0 Å². The van der Waals surface area contributed by atoms with Crippen molar-refractivity contribution >= 4 is 11.5 Å². The van der Waals surface area contributed by atoms with E-state index in [-0.39, 0.29) is 5.41 Å². The van der Waals surface area contributed by atoms with Gasteiger partial charge in [0.25, 0.3) is 0 Å². The van der Waals surface area contributed by atoms with E-state index in [1.54, 1.807) is 6.20 Å². The summed E-state index contributed by atoms with van der Waals surface area (Å²) in [4.78, 5) is 6.60. The lowest BCUT2D eigenvalue weighted by Gasteiger charge is -2.33. The molecule has 0 saturated heterocycles. The van der Waals surface area contributed by atoms with Crippen LogP contribution < -0.4 is 10.6 Å². The highest BCUT2D eigenvalue weighted by Crippen LogP contribution is 2.32. The van der Waals surface area contributed by atoms with Crippen LogP contribution in [0.2, 0.25) is 0 Å². The van der Waals surface area contributed by atoms with Crippen LogP contribution in [0.1, 0.15) is 27.2 Å². The number of rotatable bonds is 1. The molecule has 0 aliphatic carbocycles. The number of anilines is 2. The van der Waals surface area contributed by atoms with Gasteiger partial charge in [-0.05, 0) is 24.0 Å². The van der Waals surface area contributed by atoms with Crippen LogP contribution >= 0.6 is 0 Å². The molecule has 17 heavy (non-hydrogen) atoms. The van der Waals surface area contributed by atoms with E-state index in [9.17, 15) is 0 Å². The topological polar surface area (TPSA) is 42.2 Å². The highest BCUT2D eigenvalue weighted by atomic mass is 15.2. The summed E-state index contributed by atoms with van der Waals surface area (Å²) in [7, 11) is 0. The molecule has 1 aliphatic rings. The van der Waals surface area contributed by atoms with Crippen molar-refractivity contribution in [3.63, 3.8) is 0 Å². The lowest BCUT2D eigenvalue weighted by Crippen LogP contribution is -2.32. The largest absolute Gasteiger partial charge is 0.396 e. The van der Waals surface area contributed by atoms with E-state index in [0.29, 0.717) is 0 Å². The second-order valence-electron chi connectivity index (χ2n) is 5.59. The molecule has 2 N–H and O–H groups in total. The summed E-state index contributed by atoms with van der Waals surface area (Å²) in [6, 6.07) is 3.78. The lowest BCUT2D eigenvalue weighted by molar-refractivity contribution is 0.472. The fourth-order valence-corrected chi connectivity index (χ4v) is 2.22. The Bertz CT molecular complexity index is 429. The molecule has 0 fully saturated rings. The Morgan fingerprint density at radius 3 is 2.65 bits per heavy atom. The monoisotopic (exact) mass is 231 g/mol. The molecular weight excluding hydrogens is 210 g/mol. The molecule has 1 aromatic rings. The normalized spacial score (nSPS) is 16.9. The quantitative estimate of drug-likeness (QED) is 0.756. The first-order chi connectivity index (χ1) is 7.98. The van der Waals surface area contributed by atoms with E-state index >= 15 is 0 Å². The van der Waals surface area contributed by atoms with Crippen LogP contribution in [-0.4, -0.2) is 18.1 Å². The molecule has 0 bridgehead atoms. The summed E-state index contributed by atoms with van der Waals surface area (Å²) in [5.74, 6) is 0.914. The molecule has 0 radical (unpaired) electrons. The Morgan fingerprint density at radius 2 is 2.12 bits per heavy atom. The molecule has 92 valence electrons. The molecule has 0 atom stereocenters. The Morgan fingerprint density at radius 1 is 1.35 bits per heavy atom. The molecular formula is C14H21N3. The SMILES string of the molecule is CC(C)(C)C1=CCN(c2ncccc2N)CC1. The third-order valence-corrected chi connectivity index (χ3v) is 3.29. The van der Waals surface area contributed by atoms with Gasteiger partial charge in [-0.2, -0.15) is 0 Å². The average Bonchev–Trinajstić information content (AvgIpc) is 2.29. The first-order valence-corrected chi connectivity index (χ1v) is 6.13. The zero-order valence-electron chi connectivity index (χ0n) is 10.9. The number of nitrogen functional groups attached to an aromatic ring is 1. The molecule has 1 aliphatic heterocycles. The fourth-order valence-electron chi connectivity index (χ4n) is 2.22. The molecule has 0 amide bonds. The van der Waals surface area contributed by atoms with Crippen LogP contribution in [0.3, 0.4) is 0 Å². The van der Waals surface area contributed by atoms with Crippen LogP contribution in [0.15, 0.2) is 30.0 Å². The second kappa shape index (κ2) is 4.40. The number of nitrogens with two attached hydrogens (primary N) is 1. The maximum atomic E-state index is 5.95. The van der Waals surface area contributed by atoms with Gasteiger partial charge in [-0.3, -0.25) is 0 Å². The average molecular weight is 231 g/mol. The number of aromatic nitrogens is 1. The van der Waals surface area contributed by atoms with Crippen molar-refractivity contribution in [3.8, 4) is 0 Å². The summed E-state index contributed by atoms with van der Waals surface area (Å²) in [6.07, 6.45) is 5.21. The van der Waals surface area contributed by atoms with Crippen molar-refractivity contribution in [3.05, 3.63) is 30.0 Å². The van der Waals surface area contributed by atoms with Gasteiger partial charge in [-0.15, -0.1) is 0 Å². The van der Waals surface area contributed by atoms with Crippen LogP contribution in [0, 0.1) is 5.41 Å². The van der Waals surface area contributed by atoms with Gasteiger partial charge in [-0.25, -0.2) is 4.98 Å². The van der Waals surface area contributed by atoms with Crippen molar-refractivity contribution in [2.75, 3.05) is 23.7 Å². The third-order valence-electron chi connectivity index (χ3n) is 3.29. The van der Waals surface area contributed by atoms with Gasteiger partial charge in [0.2, 0.25) is 0 Å². The van der Waals surface area contributed by atoms with E-state index in [4.69, 9.17) is 5.73 Å². The lowest BCUT2D eigenvalue weighted by atomic mass is 9.83. The van der Waals surface area contributed by atoms with Crippen LogP contribution in [0.4, 0.5) is 11.5 Å². The molecule has 3 heteroatoms. The minimum Gasteiger partial charge on any atom is -0.396 e. The van der Waals surface area contributed by atoms with Gasteiger partial charge < -0.3 is 10.6 Å². The van der Waals surface area contributed by atoms with Gasteiger partial charge in [0.1, 0.15) is 0 Å². The van der Waals surface area contributed by atoms with Crippen molar-refractivity contribution in [2.24, 2.45) is 5.41 Å². The fraction of sp³-hybridized carbons (Fsp3) is 0.500. The number of pyridine rings is 1. The second-order valence-corrected chi connectivity index (χ2v) is 5.59. The van der Waals surface area contributed by atoms with Gasteiger partial charge in [-0.1, -0.05) is 32.4 Å². The molecule has 0 unspecified atom stereocenters. The molecule has 2 heterocycles. The highest BCUT2D eigenvalue weighted by Gasteiger charge is 2.22. The van der Waals surface area contributed by atoms with E-state index in [1.165, 1.54) is 5.57 Å². The summed E-state index contributed by atoms with van der Waals surface area (Å²) >= 11 is 0.